The molecule has 11 heteroatoms. The Morgan fingerprint density at radius 3 is 2.73 bits per heavy atom. The number of benzene rings is 2. The standard InChI is InChI=1S/C22H23N9O2/c1-32-19-12-14(31-8-10-33-11-9-31)6-7-15(19)17-13-24-22(23)26-20(17)25-18-5-3-2-4-16(18)21-27-29-30-28-21/h2-7,12-13H,8-11H2,1H3,(H3,23,24,25,26)(H,27,28,29,30). The first kappa shape index (κ1) is 20.6. The molecule has 4 N–H and O–H groups in total. The largest absolute Gasteiger partial charge is 0.496 e. The molecule has 0 radical (unpaired) electrons. The average molecular weight is 445 g/mol. The lowest BCUT2D eigenvalue weighted by Crippen LogP contribution is -2.36. The Kier molecular flexibility index (Phi) is 5.68. The van der Waals surface area contributed by atoms with Crippen LogP contribution in [0.4, 0.5) is 23.1 Å². The minimum Gasteiger partial charge on any atom is -0.496 e. The Morgan fingerprint density at radius 2 is 1.94 bits per heavy atom. The number of anilines is 4. The van der Waals surface area contributed by atoms with Gasteiger partial charge in [-0.05, 0) is 29.5 Å². The number of hydrogen-bond acceptors (Lipinski definition) is 10. The molecule has 1 saturated heterocycles. The lowest BCUT2D eigenvalue weighted by atomic mass is 10.0. The topological polar surface area (TPSA) is 140 Å². The van der Waals surface area contributed by atoms with Gasteiger partial charge in [0.25, 0.3) is 0 Å². The third-order valence-electron chi connectivity index (χ3n) is 5.43. The molecule has 33 heavy (non-hydrogen) atoms. The van der Waals surface area contributed by atoms with E-state index in [1.54, 1.807) is 13.3 Å². The quantitative estimate of drug-likeness (QED) is 0.405. The molecule has 1 aliphatic heterocycles. The van der Waals surface area contributed by atoms with Gasteiger partial charge >= 0.3 is 0 Å². The number of nitrogen functional groups attached to an aromatic ring is 1. The highest BCUT2D eigenvalue weighted by molar-refractivity contribution is 5.86. The van der Waals surface area contributed by atoms with Crippen molar-refractivity contribution in [1.82, 2.24) is 30.6 Å². The van der Waals surface area contributed by atoms with E-state index in [0.29, 0.717) is 30.6 Å². The molecular weight excluding hydrogens is 422 g/mol. The maximum absolute atomic E-state index is 5.93. The minimum atomic E-state index is 0.155. The fourth-order valence-corrected chi connectivity index (χ4v) is 3.80. The molecule has 4 aromatic rings. The Morgan fingerprint density at radius 1 is 1.09 bits per heavy atom. The predicted octanol–water partition coefficient (Wildman–Crippen LogP) is 2.49. The number of methoxy groups -OCH3 is 1. The van der Waals surface area contributed by atoms with Crippen LogP contribution in [0.15, 0.2) is 48.7 Å². The minimum absolute atomic E-state index is 0.155. The normalized spacial score (nSPS) is 13.7. The smallest absolute Gasteiger partial charge is 0.221 e. The average Bonchev–Trinajstić information content (AvgIpc) is 3.40. The molecule has 0 bridgehead atoms. The molecule has 5 rings (SSSR count). The van der Waals surface area contributed by atoms with Crippen LogP contribution in [0.5, 0.6) is 5.75 Å². The maximum atomic E-state index is 5.93. The molecule has 0 aliphatic carbocycles. The summed E-state index contributed by atoms with van der Waals surface area (Å²) in [6.45, 7) is 3.10. The van der Waals surface area contributed by atoms with Crippen molar-refractivity contribution in [3.8, 4) is 28.3 Å². The summed E-state index contributed by atoms with van der Waals surface area (Å²) in [5.41, 5.74) is 10.1. The van der Waals surface area contributed by atoms with Crippen LogP contribution < -0.4 is 20.7 Å². The number of aromatic nitrogens is 6. The molecule has 0 unspecified atom stereocenters. The van der Waals surface area contributed by atoms with Gasteiger partial charge in [0.05, 0.1) is 26.0 Å². The van der Waals surface area contributed by atoms with E-state index in [9.17, 15) is 0 Å². The number of nitrogens with zero attached hydrogens (tertiary/aromatic N) is 6. The first-order chi connectivity index (χ1) is 16.2. The summed E-state index contributed by atoms with van der Waals surface area (Å²) in [7, 11) is 1.65. The molecule has 2 aromatic carbocycles. The first-order valence-corrected chi connectivity index (χ1v) is 10.5. The molecule has 0 amide bonds. The molecule has 11 nitrogen and oxygen atoms in total. The van der Waals surface area contributed by atoms with E-state index in [0.717, 1.165) is 41.2 Å². The summed E-state index contributed by atoms with van der Waals surface area (Å²) in [6, 6.07) is 13.7. The van der Waals surface area contributed by atoms with Gasteiger partial charge < -0.3 is 25.4 Å². The zero-order valence-corrected chi connectivity index (χ0v) is 18.0. The second kappa shape index (κ2) is 9.09. The van der Waals surface area contributed by atoms with Gasteiger partial charge in [-0.2, -0.15) is 10.2 Å². The molecule has 1 aliphatic rings. The lowest BCUT2D eigenvalue weighted by molar-refractivity contribution is 0.122. The van der Waals surface area contributed by atoms with Crippen molar-refractivity contribution >= 4 is 23.1 Å². The number of nitrogens with one attached hydrogen (secondary N) is 2. The third kappa shape index (κ3) is 4.26. The van der Waals surface area contributed by atoms with Crippen LogP contribution in [-0.4, -0.2) is 64.0 Å². The van der Waals surface area contributed by atoms with Gasteiger partial charge in [-0.1, -0.05) is 12.1 Å². The molecule has 168 valence electrons. The Balaban J connectivity index is 1.54. The fourth-order valence-electron chi connectivity index (χ4n) is 3.80. The van der Waals surface area contributed by atoms with E-state index in [-0.39, 0.29) is 5.95 Å². The molecule has 0 spiro atoms. The van der Waals surface area contributed by atoms with E-state index in [2.05, 4.69) is 46.9 Å². The molecule has 0 atom stereocenters. The zero-order chi connectivity index (χ0) is 22.6. The van der Waals surface area contributed by atoms with Gasteiger partial charge in [0.2, 0.25) is 11.8 Å². The van der Waals surface area contributed by atoms with Crippen LogP contribution in [0.25, 0.3) is 22.5 Å². The van der Waals surface area contributed by atoms with E-state index in [4.69, 9.17) is 15.2 Å². The second-order valence-corrected chi connectivity index (χ2v) is 7.38. The monoisotopic (exact) mass is 445 g/mol. The Hall–Kier alpha value is -4.25. The van der Waals surface area contributed by atoms with Crippen molar-refractivity contribution in [3.63, 3.8) is 0 Å². The predicted molar refractivity (Wildman–Crippen MR) is 124 cm³/mol. The highest BCUT2D eigenvalue weighted by atomic mass is 16.5. The van der Waals surface area contributed by atoms with Crippen LogP contribution in [0.1, 0.15) is 0 Å². The van der Waals surface area contributed by atoms with Gasteiger partial charge in [-0.15, -0.1) is 10.2 Å². The second-order valence-electron chi connectivity index (χ2n) is 7.38. The lowest BCUT2D eigenvalue weighted by Gasteiger charge is -2.29. The SMILES string of the molecule is COc1cc(N2CCOCC2)ccc1-c1cnc(N)nc1Nc1ccccc1-c1nn[nH]n1. The summed E-state index contributed by atoms with van der Waals surface area (Å²) in [6.07, 6.45) is 1.69. The van der Waals surface area contributed by atoms with Gasteiger partial charge in [0.15, 0.2) is 0 Å². The van der Waals surface area contributed by atoms with Gasteiger partial charge in [0, 0.05) is 47.7 Å². The number of H-pyrrole nitrogens is 1. The van der Waals surface area contributed by atoms with E-state index in [1.807, 2.05) is 36.4 Å². The number of rotatable bonds is 6. The molecule has 1 fully saturated rings. The number of aromatic amines is 1. The maximum Gasteiger partial charge on any atom is 0.221 e. The van der Waals surface area contributed by atoms with Crippen LogP contribution in [-0.2, 0) is 4.74 Å². The molecular formula is C22H23N9O2. The van der Waals surface area contributed by atoms with Gasteiger partial charge in [0.1, 0.15) is 11.6 Å². The zero-order valence-electron chi connectivity index (χ0n) is 18.0. The van der Waals surface area contributed by atoms with Crippen LogP contribution in [0, 0.1) is 0 Å². The molecule has 2 aromatic heterocycles. The van der Waals surface area contributed by atoms with Crippen molar-refractivity contribution in [1.29, 1.82) is 0 Å². The summed E-state index contributed by atoms with van der Waals surface area (Å²) in [5.74, 6) is 1.87. The Bertz CT molecular complexity index is 1240. The number of morpholine rings is 1. The van der Waals surface area contributed by atoms with E-state index >= 15 is 0 Å². The van der Waals surface area contributed by atoms with Crippen molar-refractivity contribution < 1.29 is 9.47 Å². The summed E-state index contributed by atoms with van der Waals surface area (Å²) in [4.78, 5) is 11.0. The van der Waals surface area contributed by atoms with E-state index < -0.39 is 0 Å². The van der Waals surface area contributed by atoms with Crippen molar-refractivity contribution in [2.24, 2.45) is 0 Å². The van der Waals surface area contributed by atoms with Gasteiger partial charge in [-0.3, -0.25) is 0 Å². The Labute approximate surface area is 190 Å². The van der Waals surface area contributed by atoms with Crippen molar-refractivity contribution in [2.45, 2.75) is 0 Å². The number of nitrogens with two attached hydrogens (primary N) is 1. The van der Waals surface area contributed by atoms with Crippen molar-refractivity contribution in [3.05, 3.63) is 48.7 Å². The van der Waals surface area contributed by atoms with Gasteiger partial charge in [-0.25, -0.2) is 4.98 Å². The van der Waals surface area contributed by atoms with Crippen LogP contribution >= 0.6 is 0 Å². The highest BCUT2D eigenvalue weighted by Crippen LogP contribution is 2.38. The van der Waals surface area contributed by atoms with Crippen LogP contribution in [0.3, 0.4) is 0 Å². The third-order valence-corrected chi connectivity index (χ3v) is 5.43. The number of hydrogen-bond donors (Lipinski definition) is 3. The number of para-hydroxylation sites is 1. The summed E-state index contributed by atoms with van der Waals surface area (Å²) >= 11 is 0. The number of tetrazole rings is 1. The van der Waals surface area contributed by atoms with Crippen molar-refractivity contribution in [2.75, 3.05) is 49.4 Å². The summed E-state index contributed by atoms with van der Waals surface area (Å²) in [5, 5.41) is 17.7. The molecule has 3 heterocycles. The summed E-state index contributed by atoms with van der Waals surface area (Å²) < 4.78 is 11.2. The fraction of sp³-hybridized carbons (Fsp3) is 0.227. The highest BCUT2D eigenvalue weighted by Gasteiger charge is 2.18. The number of ether oxygens (including phenoxy) is 2. The van der Waals surface area contributed by atoms with Crippen LogP contribution in [0.2, 0.25) is 0 Å². The molecule has 0 saturated carbocycles. The van der Waals surface area contributed by atoms with E-state index in [1.165, 1.54) is 0 Å². The first-order valence-electron chi connectivity index (χ1n) is 10.5.